The molecule has 0 bridgehead atoms. The van der Waals surface area contributed by atoms with Crippen LogP contribution in [0.25, 0.3) is 0 Å². The first-order chi connectivity index (χ1) is 14.6. The molecule has 1 N–H and O–H groups in total. The summed E-state index contributed by atoms with van der Waals surface area (Å²) in [6.45, 7) is 4.50. The number of hydrogen-bond donors (Lipinski definition) is 1. The van der Waals surface area contributed by atoms with Crippen molar-refractivity contribution < 1.29 is 60.2 Å². The third-order valence-corrected chi connectivity index (χ3v) is 6.50. The summed E-state index contributed by atoms with van der Waals surface area (Å²) in [6, 6.07) is 11.2. The van der Waals surface area contributed by atoms with Gasteiger partial charge < -0.3 is 14.6 Å². The minimum absolute atomic E-state index is 0. The van der Waals surface area contributed by atoms with Crippen LogP contribution < -0.4 is 34.5 Å². The third-order valence-electron chi connectivity index (χ3n) is 4.35. The van der Waals surface area contributed by atoms with Gasteiger partial charge in [-0.1, -0.05) is 0 Å². The van der Waals surface area contributed by atoms with Crippen LogP contribution in [-0.4, -0.2) is 58.6 Å². The van der Waals surface area contributed by atoms with Crippen LogP contribution in [0.5, 0.6) is 0 Å². The zero-order valence-electron chi connectivity index (χ0n) is 18.1. The van der Waals surface area contributed by atoms with Crippen molar-refractivity contribution in [3.8, 4) is 0 Å². The Kier molecular flexibility index (Phi) is 11.4. The summed E-state index contributed by atoms with van der Waals surface area (Å²) in [4.78, 5) is 1.98. The molecule has 32 heavy (non-hydrogen) atoms. The molecule has 13 heteroatoms. The summed E-state index contributed by atoms with van der Waals surface area (Å²) in [5.74, 6) is -0.647. The molecule has 0 atom stereocenters. The average molecular weight is 494 g/mol. The smallest absolute Gasteiger partial charge is 0.726 e. The van der Waals surface area contributed by atoms with E-state index in [9.17, 15) is 21.4 Å². The van der Waals surface area contributed by atoms with Gasteiger partial charge in [0.25, 0.3) is 0 Å². The topological polar surface area (TPSA) is 149 Å². The van der Waals surface area contributed by atoms with E-state index in [1.54, 1.807) is 0 Å². The monoisotopic (exact) mass is 493 g/mol. The number of benzene rings is 2. The molecule has 2 aromatic carbocycles. The molecule has 0 saturated heterocycles. The van der Waals surface area contributed by atoms with Crippen LogP contribution in [0.4, 0.5) is 17.1 Å². The van der Waals surface area contributed by atoms with E-state index < -0.39 is 32.6 Å². The average Bonchev–Trinajstić information content (AvgIpc) is 2.70. The van der Waals surface area contributed by atoms with Gasteiger partial charge in [0, 0.05) is 18.8 Å². The summed E-state index contributed by atoms with van der Waals surface area (Å²) in [5, 5.41) is 17.5. The molecule has 0 aliphatic heterocycles. The Labute approximate surface area is 210 Å². The van der Waals surface area contributed by atoms with Crippen molar-refractivity contribution in [1.29, 1.82) is 0 Å². The van der Waals surface area contributed by atoms with E-state index in [1.807, 2.05) is 36.9 Å². The quantitative estimate of drug-likeness (QED) is 0.190. The number of aliphatic hydroxyl groups excluding tert-OH is 1. The molecule has 0 spiro atoms. The van der Waals surface area contributed by atoms with Crippen LogP contribution in [0.1, 0.15) is 12.5 Å². The Morgan fingerprint density at radius 2 is 1.72 bits per heavy atom. The van der Waals surface area contributed by atoms with Gasteiger partial charge in [0.1, 0.15) is 0 Å². The molecule has 0 aliphatic rings. The molecule has 0 unspecified atom stereocenters. The zero-order chi connectivity index (χ0) is 23.1. The molecule has 0 radical (unpaired) electrons. The number of rotatable bonds is 11. The molecular formula is C19H24N3NaO7S2. The molecule has 0 heterocycles. The van der Waals surface area contributed by atoms with E-state index >= 15 is 0 Å². The second-order valence-corrected chi connectivity index (χ2v) is 9.68. The largest absolute Gasteiger partial charge is 1.00 e. The number of aryl methyl sites for hydroxylation is 1. The van der Waals surface area contributed by atoms with E-state index in [0.717, 1.165) is 17.8 Å². The molecule has 2 rings (SSSR count). The first-order valence-electron chi connectivity index (χ1n) is 9.37. The molecule has 0 aromatic heterocycles. The predicted octanol–water partition coefficient (Wildman–Crippen LogP) is -0.516. The SMILES string of the molecule is CCN(CCO)c1ccc(N=Nc2ccc(S(=O)(=O)CCOS(=O)(=O)[O-])cc2)c(C)c1.[Na+]. The Hall–Kier alpha value is -1.38. The van der Waals surface area contributed by atoms with E-state index in [2.05, 4.69) is 14.4 Å². The molecular weight excluding hydrogens is 469 g/mol. The van der Waals surface area contributed by atoms with Crippen molar-refractivity contribution in [3.05, 3.63) is 48.0 Å². The van der Waals surface area contributed by atoms with Gasteiger partial charge >= 0.3 is 29.6 Å². The van der Waals surface area contributed by atoms with E-state index in [0.29, 0.717) is 17.9 Å². The van der Waals surface area contributed by atoms with Gasteiger partial charge in [-0.15, -0.1) is 0 Å². The van der Waals surface area contributed by atoms with Gasteiger partial charge in [0.05, 0.1) is 35.2 Å². The zero-order valence-corrected chi connectivity index (χ0v) is 21.8. The maximum absolute atomic E-state index is 12.2. The van der Waals surface area contributed by atoms with E-state index in [4.69, 9.17) is 5.11 Å². The number of anilines is 1. The van der Waals surface area contributed by atoms with Gasteiger partial charge in [-0.2, -0.15) is 10.2 Å². The normalized spacial score (nSPS) is 12.0. The summed E-state index contributed by atoms with van der Waals surface area (Å²) < 4.78 is 59.5. The first-order valence-corrected chi connectivity index (χ1v) is 12.4. The second kappa shape index (κ2) is 12.8. The maximum atomic E-state index is 12.2. The fourth-order valence-electron chi connectivity index (χ4n) is 2.73. The molecule has 0 amide bonds. The predicted molar refractivity (Wildman–Crippen MR) is 114 cm³/mol. The van der Waals surface area contributed by atoms with Crippen LogP contribution >= 0.6 is 0 Å². The van der Waals surface area contributed by atoms with Crippen molar-refractivity contribution in [3.63, 3.8) is 0 Å². The number of hydrogen-bond acceptors (Lipinski definition) is 10. The summed E-state index contributed by atoms with van der Waals surface area (Å²) in [5.41, 5.74) is 2.94. The van der Waals surface area contributed by atoms with Crippen LogP contribution in [0.2, 0.25) is 0 Å². The van der Waals surface area contributed by atoms with Gasteiger partial charge in [-0.25, -0.2) is 16.8 Å². The fraction of sp³-hybridized carbons (Fsp3) is 0.368. The number of azo groups is 1. The Bertz CT molecular complexity index is 1120. The van der Waals surface area contributed by atoms with Crippen molar-refractivity contribution in [1.82, 2.24) is 0 Å². The standard InChI is InChI=1S/C19H25N3O7S2.Na/c1-3-22(10-11-23)17-6-9-19(15(2)14-17)21-20-16-4-7-18(8-5-16)30(24,25)13-12-29-31(26,27)28;/h4-9,14,23H,3,10-13H2,1-2H3,(H,26,27,28);/q;+1/p-1. The molecule has 10 nitrogen and oxygen atoms in total. The maximum Gasteiger partial charge on any atom is 1.00 e. The van der Waals surface area contributed by atoms with E-state index in [1.165, 1.54) is 24.3 Å². The number of sulfone groups is 1. The Balaban J connectivity index is 0.00000512. The first kappa shape index (κ1) is 28.7. The van der Waals surface area contributed by atoms with Crippen molar-refractivity contribution >= 4 is 37.3 Å². The molecule has 0 aliphatic carbocycles. The number of nitrogens with zero attached hydrogens (tertiary/aromatic N) is 3. The third kappa shape index (κ3) is 8.87. The molecule has 2 aromatic rings. The van der Waals surface area contributed by atoms with Crippen LogP contribution in [-0.2, 0) is 24.4 Å². The number of likely N-dealkylation sites (N-methyl/N-ethyl adjacent to an activating group) is 1. The van der Waals surface area contributed by atoms with Crippen LogP contribution in [0.3, 0.4) is 0 Å². The van der Waals surface area contributed by atoms with Crippen molar-refractivity contribution in [2.24, 2.45) is 10.2 Å². The summed E-state index contributed by atoms with van der Waals surface area (Å²) >= 11 is 0. The van der Waals surface area contributed by atoms with Crippen molar-refractivity contribution in [2.45, 2.75) is 18.7 Å². The number of aliphatic hydroxyl groups is 1. The van der Waals surface area contributed by atoms with E-state index in [-0.39, 0.29) is 41.1 Å². The minimum atomic E-state index is -4.94. The van der Waals surface area contributed by atoms with Gasteiger partial charge in [-0.3, -0.25) is 4.18 Å². The Morgan fingerprint density at radius 1 is 1.06 bits per heavy atom. The fourth-order valence-corrected chi connectivity index (χ4v) is 4.22. The molecule has 0 fully saturated rings. The van der Waals surface area contributed by atoms with Gasteiger partial charge in [-0.05, 0) is 61.9 Å². The minimum Gasteiger partial charge on any atom is -0.726 e. The van der Waals surface area contributed by atoms with Crippen molar-refractivity contribution in [2.75, 3.05) is 37.0 Å². The molecule has 0 saturated carbocycles. The summed E-state index contributed by atoms with van der Waals surface area (Å²) in [6.07, 6.45) is 0. The summed E-state index contributed by atoms with van der Waals surface area (Å²) in [7, 11) is -8.76. The van der Waals surface area contributed by atoms with Gasteiger partial charge in [0.15, 0.2) is 9.84 Å². The van der Waals surface area contributed by atoms with Crippen LogP contribution in [0.15, 0.2) is 57.6 Å². The van der Waals surface area contributed by atoms with Gasteiger partial charge in [0.2, 0.25) is 10.4 Å². The Morgan fingerprint density at radius 3 is 2.25 bits per heavy atom. The van der Waals surface area contributed by atoms with Crippen LogP contribution in [0, 0.1) is 6.92 Å². The molecule has 170 valence electrons. The second-order valence-electron chi connectivity index (χ2n) is 6.52.